The Bertz CT molecular complexity index is 289. The van der Waals surface area contributed by atoms with E-state index in [-0.39, 0.29) is 0 Å². The van der Waals surface area contributed by atoms with Gasteiger partial charge in [-0.25, -0.2) is 0 Å². The van der Waals surface area contributed by atoms with E-state index in [4.69, 9.17) is 9.47 Å². The highest BCUT2D eigenvalue weighted by atomic mass is 32.1. The van der Waals surface area contributed by atoms with Gasteiger partial charge in [-0.2, -0.15) is 11.3 Å². The second-order valence-corrected chi connectivity index (χ2v) is 4.87. The van der Waals surface area contributed by atoms with Crippen molar-refractivity contribution in [2.75, 3.05) is 33.4 Å². The van der Waals surface area contributed by atoms with E-state index in [0.717, 1.165) is 32.7 Å². The van der Waals surface area contributed by atoms with Crippen LogP contribution < -0.4 is 5.32 Å². The normalized spacial score (nSPS) is 25.1. The Labute approximate surface area is 101 Å². The van der Waals surface area contributed by atoms with Crippen molar-refractivity contribution in [3.63, 3.8) is 0 Å². The molecule has 1 aromatic heterocycles. The first-order valence-electron chi connectivity index (χ1n) is 5.75. The maximum absolute atomic E-state index is 5.80. The molecule has 90 valence electrons. The summed E-state index contributed by atoms with van der Waals surface area (Å²) in [6.07, 6.45) is 1.45. The predicted octanol–water partition coefficient (Wildman–Crippen LogP) is 2.06. The molecule has 2 rings (SSSR count). The predicted molar refractivity (Wildman–Crippen MR) is 65.9 cm³/mol. The summed E-state index contributed by atoms with van der Waals surface area (Å²) in [7, 11) is 1.73. The molecule has 1 aliphatic heterocycles. The standard InChI is InChI=1S/C12H19NO2S/c1-14-6-4-13-8-10-2-5-15-12(10)11-3-7-16-9-11/h3,7,9-10,12-13H,2,4-6,8H2,1H3. The number of rotatable bonds is 6. The third-order valence-corrected chi connectivity index (χ3v) is 3.68. The second kappa shape index (κ2) is 6.35. The van der Waals surface area contributed by atoms with Gasteiger partial charge in [0, 0.05) is 32.7 Å². The Hall–Kier alpha value is -0.420. The van der Waals surface area contributed by atoms with Crippen LogP contribution in [0.4, 0.5) is 0 Å². The average molecular weight is 241 g/mol. The van der Waals surface area contributed by atoms with E-state index in [1.165, 1.54) is 5.56 Å². The number of hydrogen-bond acceptors (Lipinski definition) is 4. The van der Waals surface area contributed by atoms with Crippen LogP contribution in [0, 0.1) is 5.92 Å². The zero-order chi connectivity index (χ0) is 11.2. The average Bonchev–Trinajstić information content (AvgIpc) is 2.94. The zero-order valence-electron chi connectivity index (χ0n) is 9.65. The van der Waals surface area contributed by atoms with Crippen molar-refractivity contribution < 1.29 is 9.47 Å². The monoisotopic (exact) mass is 241 g/mol. The summed E-state index contributed by atoms with van der Waals surface area (Å²) in [4.78, 5) is 0. The molecule has 0 aromatic carbocycles. The van der Waals surface area contributed by atoms with Crippen LogP contribution in [0.2, 0.25) is 0 Å². The minimum absolute atomic E-state index is 0.293. The summed E-state index contributed by atoms with van der Waals surface area (Å²) in [5.74, 6) is 0.603. The van der Waals surface area contributed by atoms with E-state index in [1.54, 1.807) is 18.4 Å². The maximum atomic E-state index is 5.80. The second-order valence-electron chi connectivity index (χ2n) is 4.09. The molecule has 0 saturated carbocycles. The maximum Gasteiger partial charge on any atom is 0.0874 e. The minimum atomic E-state index is 0.293. The lowest BCUT2D eigenvalue weighted by atomic mass is 9.97. The molecule has 3 nitrogen and oxygen atoms in total. The van der Waals surface area contributed by atoms with Crippen molar-refractivity contribution in [3.05, 3.63) is 22.4 Å². The molecular formula is C12H19NO2S. The zero-order valence-corrected chi connectivity index (χ0v) is 10.5. The molecule has 16 heavy (non-hydrogen) atoms. The van der Waals surface area contributed by atoms with E-state index >= 15 is 0 Å². The first-order valence-corrected chi connectivity index (χ1v) is 6.69. The fourth-order valence-corrected chi connectivity index (χ4v) is 2.79. The summed E-state index contributed by atoms with van der Waals surface area (Å²) < 4.78 is 10.8. The highest BCUT2D eigenvalue weighted by Crippen LogP contribution is 2.34. The molecule has 1 saturated heterocycles. The molecule has 1 aromatic rings. The van der Waals surface area contributed by atoms with E-state index in [9.17, 15) is 0 Å². The highest BCUT2D eigenvalue weighted by molar-refractivity contribution is 7.07. The van der Waals surface area contributed by atoms with Crippen molar-refractivity contribution in [3.8, 4) is 0 Å². The van der Waals surface area contributed by atoms with Gasteiger partial charge in [-0.1, -0.05) is 0 Å². The topological polar surface area (TPSA) is 30.5 Å². The summed E-state index contributed by atoms with van der Waals surface area (Å²) in [5, 5.41) is 7.73. The van der Waals surface area contributed by atoms with Crippen LogP contribution in [0.5, 0.6) is 0 Å². The first-order chi connectivity index (χ1) is 7.92. The smallest absolute Gasteiger partial charge is 0.0874 e. The molecule has 0 radical (unpaired) electrons. The number of nitrogens with one attached hydrogen (secondary N) is 1. The summed E-state index contributed by atoms with van der Waals surface area (Å²) >= 11 is 1.74. The first kappa shape index (κ1) is 12.0. The molecule has 1 N–H and O–H groups in total. The molecule has 0 amide bonds. The van der Waals surface area contributed by atoms with Gasteiger partial charge in [0.1, 0.15) is 0 Å². The number of thiophene rings is 1. The summed E-state index contributed by atoms with van der Waals surface area (Å²) in [5.41, 5.74) is 1.33. The molecule has 0 aliphatic carbocycles. The van der Waals surface area contributed by atoms with E-state index in [1.807, 2.05) is 0 Å². The lowest BCUT2D eigenvalue weighted by Crippen LogP contribution is -2.27. The summed E-state index contributed by atoms with van der Waals surface area (Å²) in [6.45, 7) is 3.60. The Morgan fingerprint density at radius 2 is 2.56 bits per heavy atom. The third kappa shape index (κ3) is 3.04. The largest absolute Gasteiger partial charge is 0.383 e. The van der Waals surface area contributed by atoms with Gasteiger partial charge in [-0.15, -0.1) is 0 Å². The quantitative estimate of drug-likeness (QED) is 0.773. The van der Waals surface area contributed by atoms with Gasteiger partial charge in [0.2, 0.25) is 0 Å². The van der Waals surface area contributed by atoms with Crippen LogP contribution in [-0.2, 0) is 9.47 Å². The number of methoxy groups -OCH3 is 1. The lowest BCUT2D eigenvalue weighted by molar-refractivity contribution is 0.0902. The molecule has 1 aliphatic rings. The molecular weight excluding hydrogens is 222 g/mol. The molecule has 1 fully saturated rings. The van der Waals surface area contributed by atoms with Crippen LogP contribution >= 0.6 is 11.3 Å². The Balaban J connectivity index is 1.80. The fraction of sp³-hybridized carbons (Fsp3) is 0.667. The van der Waals surface area contributed by atoms with E-state index in [2.05, 4.69) is 22.1 Å². The fourth-order valence-electron chi connectivity index (χ4n) is 2.11. The van der Waals surface area contributed by atoms with Gasteiger partial charge >= 0.3 is 0 Å². The van der Waals surface area contributed by atoms with Crippen LogP contribution in [0.3, 0.4) is 0 Å². The van der Waals surface area contributed by atoms with Gasteiger partial charge in [0.15, 0.2) is 0 Å². The van der Waals surface area contributed by atoms with Crippen molar-refractivity contribution in [2.24, 2.45) is 5.92 Å². The van der Waals surface area contributed by atoms with Gasteiger partial charge in [-0.05, 0) is 28.8 Å². The van der Waals surface area contributed by atoms with Gasteiger partial charge < -0.3 is 14.8 Å². The molecule has 4 heteroatoms. The molecule has 2 atom stereocenters. The van der Waals surface area contributed by atoms with Crippen LogP contribution in [0.25, 0.3) is 0 Å². The molecule has 2 heterocycles. The van der Waals surface area contributed by atoms with Crippen molar-refractivity contribution in [2.45, 2.75) is 12.5 Å². The van der Waals surface area contributed by atoms with E-state index < -0.39 is 0 Å². The van der Waals surface area contributed by atoms with Gasteiger partial charge in [0.25, 0.3) is 0 Å². The Morgan fingerprint density at radius 3 is 3.31 bits per heavy atom. The minimum Gasteiger partial charge on any atom is -0.383 e. The van der Waals surface area contributed by atoms with Crippen molar-refractivity contribution >= 4 is 11.3 Å². The number of ether oxygens (including phenoxy) is 2. The highest BCUT2D eigenvalue weighted by Gasteiger charge is 2.29. The SMILES string of the molecule is COCCNCC1CCOC1c1ccsc1. The molecule has 0 spiro atoms. The summed E-state index contributed by atoms with van der Waals surface area (Å²) in [6, 6.07) is 2.17. The Morgan fingerprint density at radius 1 is 1.62 bits per heavy atom. The van der Waals surface area contributed by atoms with Gasteiger partial charge in [-0.3, -0.25) is 0 Å². The van der Waals surface area contributed by atoms with Crippen LogP contribution in [0.1, 0.15) is 18.1 Å². The van der Waals surface area contributed by atoms with Gasteiger partial charge in [0.05, 0.1) is 12.7 Å². The number of hydrogen-bond donors (Lipinski definition) is 1. The molecule has 2 unspecified atom stereocenters. The van der Waals surface area contributed by atoms with Crippen LogP contribution in [0.15, 0.2) is 16.8 Å². The Kier molecular flexibility index (Phi) is 4.78. The van der Waals surface area contributed by atoms with Crippen molar-refractivity contribution in [1.29, 1.82) is 0 Å². The molecule has 0 bridgehead atoms. The lowest BCUT2D eigenvalue weighted by Gasteiger charge is -2.18. The van der Waals surface area contributed by atoms with Crippen LogP contribution in [-0.4, -0.2) is 33.4 Å². The van der Waals surface area contributed by atoms with E-state index in [0.29, 0.717) is 12.0 Å². The van der Waals surface area contributed by atoms with Crippen molar-refractivity contribution in [1.82, 2.24) is 5.32 Å². The third-order valence-electron chi connectivity index (χ3n) is 2.98.